The van der Waals surface area contributed by atoms with Crippen LogP contribution in [0.4, 0.5) is 13.6 Å². The van der Waals surface area contributed by atoms with E-state index in [1.807, 2.05) is 41.5 Å². The van der Waals surface area contributed by atoms with Crippen molar-refractivity contribution in [3.63, 3.8) is 0 Å². The third-order valence-electron chi connectivity index (χ3n) is 5.19. The highest BCUT2D eigenvalue weighted by atomic mass is 28.4. The lowest BCUT2D eigenvalue weighted by Gasteiger charge is -2.53. The van der Waals surface area contributed by atoms with E-state index in [9.17, 15) is 18.4 Å². The third kappa shape index (κ3) is 4.70. The van der Waals surface area contributed by atoms with Crippen LogP contribution in [0.5, 0.6) is 0 Å². The number of alkyl halides is 2. The van der Waals surface area contributed by atoms with Gasteiger partial charge in [0.05, 0.1) is 0 Å². The van der Waals surface area contributed by atoms with Gasteiger partial charge in [-0.1, -0.05) is 41.5 Å². The molecule has 0 aromatic heterocycles. The summed E-state index contributed by atoms with van der Waals surface area (Å²) in [4.78, 5) is 25.5. The van der Waals surface area contributed by atoms with Crippen molar-refractivity contribution in [1.82, 2.24) is 4.90 Å². The minimum absolute atomic E-state index is 0.131. The lowest BCUT2D eigenvalue weighted by atomic mass is 9.93. The molecule has 1 fully saturated rings. The SMILES string of the molecule is CC(C)[Si](O[C@@H]1C(=O)N(C(=O)OC(C)(C)C)[C@@H]1C(C)(F)F)(C(C)C)C(C)C. The first-order valence-corrected chi connectivity index (χ1v) is 11.7. The number of nitrogens with zero attached hydrogens (tertiary/aromatic N) is 1. The number of imide groups is 1. The summed E-state index contributed by atoms with van der Waals surface area (Å²) in [6.45, 7) is 17.7. The van der Waals surface area contributed by atoms with Crippen LogP contribution in [-0.4, -0.2) is 48.9 Å². The summed E-state index contributed by atoms with van der Waals surface area (Å²) < 4.78 is 40.1. The molecule has 0 aromatic rings. The molecule has 1 rings (SSSR count). The molecule has 1 aliphatic heterocycles. The Kier molecular flexibility index (Phi) is 6.91. The summed E-state index contributed by atoms with van der Waals surface area (Å²) in [6, 6.07) is -1.65. The predicted molar refractivity (Wildman–Crippen MR) is 103 cm³/mol. The maximum Gasteiger partial charge on any atom is 0.417 e. The number of carbonyl (C=O) groups excluding carboxylic acids is 2. The van der Waals surface area contributed by atoms with Crippen LogP contribution in [0.25, 0.3) is 0 Å². The maximum absolute atomic E-state index is 14.3. The van der Waals surface area contributed by atoms with Gasteiger partial charge in [0.2, 0.25) is 8.32 Å². The van der Waals surface area contributed by atoms with Gasteiger partial charge in [-0.2, -0.15) is 0 Å². The number of rotatable bonds is 6. The zero-order valence-corrected chi connectivity index (χ0v) is 19.2. The van der Waals surface area contributed by atoms with Crippen LogP contribution in [0.2, 0.25) is 16.6 Å². The van der Waals surface area contributed by atoms with Crippen molar-refractivity contribution in [3.05, 3.63) is 0 Å². The molecular formula is C19H35F2NO4Si. The molecule has 0 spiro atoms. The molecule has 1 saturated heterocycles. The van der Waals surface area contributed by atoms with Gasteiger partial charge in [-0.3, -0.25) is 4.79 Å². The van der Waals surface area contributed by atoms with Gasteiger partial charge in [0, 0.05) is 6.92 Å². The molecule has 158 valence electrons. The topological polar surface area (TPSA) is 55.8 Å². The van der Waals surface area contributed by atoms with Crippen LogP contribution in [0, 0.1) is 0 Å². The Labute approximate surface area is 162 Å². The van der Waals surface area contributed by atoms with Gasteiger partial charge in [-0.25, -0.2) is 18.5 Å². The fourth-order valence-corrected chi connectivity index (χ4v) is 9.70. The second-order valence-corrected chi connectivity index (χ2v) is 14.9. The average Bonchev–Trinajstić information content (AvgIpc) is 2.40. The zero-order chi connectivity index (χ0) is 21.5. The summed E-state index contributed by atoms with van der Waals surface area (Å²) in [5, 5.41) is 0. The highest BCUT2D eigenvalue weighted by Gasteiger charge is 2.64. The van der Waals surface area contributed by atoms with Crippen LogP contribution in [0.15, 0.2) is 0 Å². The van der Waals surface area contributed by atoms with Gasteiger partial charge in [0.1, 0.15) is 11.6 Å². The van der Waals surface area contributed by atoms with Gasteiger partial charge in [0.15, 0.2) is 6.10 Å². The van der Waals surface area contributed by atoms with Crippen molar-refractivity contribution in [2.45, 2.75) is 110 Å². The summed E-state index contributed by atoms with van der Waals surface area (Å²) in [6.07, 6.45) is -2.37. The van der Waals surface area contributed by atoms with E-state index in [0.29, 0.717) is 11.8 Å². The highest BCUT2D eigenvalue weighted by Crippen LogP contribution is 2.47. The van der Waals surface area contributed by atoms with Gasteiger partial charge < -0.3 is 9.16 Å². The van der Waals surface area contributed by atoms with E-state index in [0.717, 1.165) is 0 Å². The molecular weight excluding hydrogens is 372 g/mol. The summed E-state index contributed by atoms with van der Waals surface area (Å²) in [7, 11) is -2.57. The molecule has 8 heteroatoms. The Morgan fingerprint density at radius 1 is 1.00 bits per heavy atom. The number of hydrogen-bond donors (Lipinski definition) is 0. The maximum atomic E-state index is 14.3. The van der Waals surface area contributed by atoms with E-state index in [2.05, 4.69) is 0 Å². The Balaban J connectivity index is 3.24. The minimum atomic E-state index is -3.29. The van der Waals surface area contributed by atoms with Crippen molar-refractivity contribution in [2.24, 2.45) is 0 Å². The number of carbonyl (C=O) groups is 2. The van der Waals surface area contributed by atoms with Crippen molar-refractivity contribution in [1.29, 1.82) is 0 Å². The van der Waals surface area contributed by atoms with E-state index in [-0.39, 0.29) is 16.6 Å². The van der Waals surface area contributed by atoms with Crippen LogP contribution >= 0.6 is 0 Å². The molecule has 0 N–H and O–H groups in total. The monoisotopic (exact) mass is 407 g/mol. The smallest absolute Gasteiger partial charge is 0.417 e. The standard InChI is InChI=1S/C19H35F2NO4Si/c1-11(2)27(12(3)4,13(5)6)26-14-15(19(10,20)21)22(16(14)23)17(24)25-18(7,8)9/h11-15H,1-10H3/t14-,15-/m0/s1. The molecule has 0 aliphatic carbocycles. The van der Waals surface area contributed by atoms with Crippen molar-refractivity contribution in [3.8, 4) is 0 Å². The zero-order valence-electron chi connectivity index (χ0n) is 18.2. The predicted octanol–water partition coefficient (Wildman–Crippen LogP) is 5.35. The number of halogens is 2. The van der Waals surface area contributed by atoms with Crippen molar-refractivity contribution >= 4 is 20.3 Å². The Bertz CT molecular complexity index is 545. The van der Waals surface area contributed by atoms with Gasteiger partial charge in [-0.05, 0) is 37.4 Å². The first kappa shape index (κ1) is 24.0. The van der Waals surface area contributed by atoms with Gasteiger partial charge >= 0.3 is 6.09 Å². The van der Waals surface area contributed by atoms with E-state index in [4.69, 9.17) is 9.16 Å². The third-order valence-corrected chi connectivity index (χ3v) is 11.3. The van der Waals surface area contributed by atoms with E-state index in [1.54, 1.807) is 20.8 Å². The number of likely N-dealkylation sites (tertiary alicyclic amines) is 1. The molecule has 27 heavy (non-hydrogen) atoms. The molecule has 2 amide bonds. The lowest BCUT2D eigenvalue weighted by Crippen LogP contribution is -2.75. The summed E-state index contributed by atoms with van der Waals surface area (Å²) >= 11 is 0. The number of amides is 2. The molecule has 0 radical (unpaired) electrons. The quantitative estimate of drug-likeness (QED) is 0.440. The number of β-lactam (4-membered cyclic amide) rings is 1. The van der Waals surface area contributed by atoms with Gasteiger partial charge in [-0.15, -0.1) is 0 Å². The highest BCUT2D eigenvalue weighted by molar-refractivity contribution is 6.77. The lowest BCUT2D eigenvalue weighted by molar-refractivity contribution is -0.189. The van der Waals surface area contributed by atoms with E-state index < -0.39 is 44.0 Å². The second kappa shape index (κ2) is 7.77. The number of hydrogen-bond acceptors (Lipinski definition) is 4. The summed E-state index contributed by atoms with van der Waals surface area (Å²) in [5.74, 6) is -4.03. The average molecular weight is 408 g/mol. The van der Waals surface area contributed by atoms with Crippen LogP contribution < -0.4 is 0 Å². The van der Waals surface area contributed by atoms with Crippen molar-refractivity contribution < 1.29 is 27.5 Å². The molecule has 5 nitrogen and oxygen atoms in total. The summed E-state index contributed by atoms with van der Waals surface area (Å²) in [5.41, 5.74) is -0.491. The molecule has 2 atom stereocenters. The second-order valence-electron chi connectivity index (χ2n) is 9.45. The fourth-order valence-electron chi connectivity index (χ4n) is 4.21. The fraction of sp³-hybridized carbons (Fsp3) is 0.895. The molecule has 0 aromatic carbocycles. The minimum Gasteiger partial charge on any atom is -0.443 e. The Hall–Kier alpha value is -1.02. The molecule has 1 heterocycles. The molecule has 1 aliphatic rings. The largest absolute Gasteiger partial charge is 0.443 e. The van der Waals surface area contributed by atoms with Crippen molar-refractivity contribution in [2.75, 3.05) is 0 Å². The number of ether oxygens (including phenoxy) is 1. The Morgan fingerprint density at radius 3 is 1.70 bits per heavy atom. The first-order chi connectivity index (χ1) is 12.0. The molecule has 0 unspecified atom stereocenters. The van der Waals surface area contributed by atoms with E-state index in [1.165, 1.54) is 0 Å². The first-order valence-electron chi connectivity index (χ1n) is 9.58. The van der Waals surface area contributed by atoms with Crippen LogP contribution in [0.3, 0.4) is 0 Å². The normalized spacial score (nSPS) is 21.9. The molecule has 0 bridgehead atoms. The van der Waals surface area contributed by atoms with Gasteiger partial charge in [0.25, 0.3) is 11.8 Å². The van der Waals surface area contributed by atoms with Crippen LogP contribution in [-0.2, 0) is 14.0 Å². The Morgan fingerprint density at radius 2 is 1.41 bits per heavy atom. The van der Waals surface area contributed by atoms with E-state index >= 15 is 0 Å². The molecule has 0 saturated carbocycles. The van der Waals surface area contributed by atoms with Crippen LogP contribution in [0.1, 0.15) is 69.2 Å².